The van der Waals surface area contributed by atoms with Crippen LogP contribution in [0.2, 0.25) is 0 Å². The second kappa shape index (κ2) is 7.46. The number of hydrogen-bond acceptors (Lipinski definition) is 3. The summed E-state index contributed by atoms with van der Waals surface area (Å²) < 4.78 is 0. The number of likely N-dealkylation sites (N-methyl/N-ethyl adjacent to an activating group) is 1. The summed E-state index contributed by atoms with van der Waals surface area (Å²) >= 11 is 0. The third-order valence-corrected chi connectivity index (χ3v) is 4.91. The normalized spacial score (nSPS) is 33.0. The van der Waals surface area contributed by atoms with Crippen molar-refractivity contribution in [3.8, 4) is 0 Å². The van der Waals surface area contributed by atoms with Crippen molar-refractivity contribution in [2.45, 2.75) is 52.5 Å². The Labute approximate surface area is 113 Å². The van der Waals surface area contributed by atoms with E-state index in [1.54, 1.807) is 0 Å². The highest BCUT2D eigenvalue weighted by Crippen LogP contribution is 2.36. The van der Waals surface area contributed by atoms with Crippen LogP contribution in [0.15, 0.2) is 0 Å². The molecule has 1 aliphatic rings. The van der Waals surface area contributed by atoms with E-state index in [9.17, 15) is 0 Å². The molecular weight excluding hydrogens is 222 g/mol. The lowest BCUT2D eigenvalue weighted by molar-refractivity contribution is 0.122. The highest BCUT2D eigenvalue weighted by atomic mass is 15.1. The van der Waals surface area contributed by atoms with Gasteiger partial charge in [-0.15, -0.1) is 0 Å². The molecule has 1 saturated carbocycles. The predicted octanol–water partition coefficient (Wildman–Crippen LogP) is 2.07. The van der Waals surface area contributed by atoms with Gasteiger partial charge in [0.15, 0.2) is 0 Å². The molecule has 0 aromatic heterocycles. The van der Waals surface area contributed by atoms with Crippen molar-refractivity contribution in [3.05, 3.63) is 0 Å². The number of nitrogens with two attached hydrogens (primary N) is 1. The SMILES string of the molecule is CCN(CC)CCNC1(CN)CC(C)CCC1C. The summed E-state index contributed by atoms with van der Waals surface area (Å²) in [4.78, 5) is 2.47. The van der Waals surface area contributed by atoms with Crippen LogP contribution in [-0.2, 0) is 0 Å². The summed E-state index contributed by atoms with van der Waals surface area (Å²) in [6, 6.07) is 0. The van der Waals surface area contributed by atoms with E-state index in [0.717, 1.165) is 38.6 Å². The minimum atomic E-state index is 0.185. The Morgan fingerprint density at radius 2 is 1.89 bits per heavy atom. The minimum absolute atomic E-state index is 0.185. The zero-order valence-electron chi connectivity index (χ0n) is 12.8. The molecule has 0 aliphatic heterocycles. The number of rotatable bonds is 7. The second-order valence-corrected chi connectivity index (χ2v) is 6.10. The summed E-state index contributed by atoms with van der Waals surface area (Å²) in [6.45, 7) is 14.4. The third-order valence-electron chi connectivity index (χ3n) is 4.91. The van der Waals surface area contributed by atoms with Crippen molar-refractivity contribution in [1.29, 1.82) is 0 Å². The Bertz CT molecular complexity index is 228. The molecule has 18 heavy (non-hydrogen) atoms. The zero-order valence-corrected chi connectivity index (χ0v) is 12.8. The molecule has 3 nitrogen and oxygen atoms in total. The maximum atomic E-state index is 6.10. The molecule has 0 spiro atoms. The molecule has 1 aliphatic carbocycles. The molecule has 3 unspecified atom stereocenters. The molecule has 0 radical (unpaired) electrons. The molecule has 108 valence electrons. The monoisotopic (exact) mass is 255 g/mol. The van der Waals surface area contributed by atoms with Gasteiger partial charge in [0.05, 0.1) is 0 Å². The van der Waals surface area contributed by atoms with Gasteiger partial charge in [-0.1, -0.05) is 34.1 Å². The Balaban J connectivity index is 2.48. The Morgan fingerprint density at radius 1 is 1.22 bits per heavy atom. The maximum absolute atomic E-state index is 6.10. The van der Waals surface area contributed by atoms with Crippen LogP contribution in [0.25, 0.3) is 0 Å². The number of hydrogen-bond donors (Lipinski definition) is 2. The Kier molecular flexibility index (Phi) is 6.61. The first-order chi connectivity index (χ1) is 8.57. The lowest BCUT2D eigenvalue weighted by Gasteiger charge is -2.45. The molecule has 0 bridgehead atoms. The van der Waals surface area contributed by atoms with Crippen LogP contribution in [0, 0.1) is 11.8 Å². The number of nitrogens with one attached hydrogen (secondary N) is 1. The van der Waals surface area contributed by atoms with E-state index in [1.165, 1.54) is 19.3 Å². The van der Waals surface area contributed by atoms with E-state index < -0.39 is 0 Å². The van der Waals surface area contributed by atoms with Gasteiger partial charge in [-0.2, -0.15) is 0 Å². The molecule has 0 amide bonds. The molecule has 0 aromatic rings. The van der Waals surface area contributed by atoms with Gasteiger partial charge in [-0.05, 0) is 37.8 Å². The minimum Gasteiger partial charge on any atom is -0.329 e. The highest BCUT2D eigenvalue weighted by molar-refractivity contribution is 4.98. The molecule has 3 atom stereocenters. The fourth-order valence-corrected chi connectivity index (χ4v) is 3.34. The van der Waals surface area contributed by atoms with Crippen LogP contribution in [0.4, 0.5) is 0 Å². The molecule has 3 N–H and O–H groups in total. The Morgan fingerprint density at radius 3 is 2.44 bits per heavy atom. The van der Waals surface area contributed by atoms with Crippen LogP contribution < -0.4 is 11.1 Å². The molecular formula is C15H33N3. The quantitative estimate of drug-likeness (QED) is 0.732. The third kappa shape index (κ3) is 3.94. The molecule has 1 fully saturated rings. The summed E-state index contributed by atoms with van der Waals surface area (Å²) in [5.41, 5.74) is 6.28. The fourth-order valence-electron chi connectivity index (χ4n) is 3.34. The topological polar surface area (TPSA) is 41.3 Å². The average molecular weight is 255 g/mol. The standard InChI is InChI=1S/C15H33N3/c1-5-18(6-2)10-9-17-15(12-16)11-13(3)7-8-14(15)4/h13-14,17H,5-12,16H2,1-4H3. The van der Waals surface area contributed by atoms with Crippen LogP contribution in [0.3, 0.4) is 0 Å². The highest BCUT2D eigenvalue weighted by Gasteiger charge is 2.38. The lowest BCUT2D eigenvalue weighted by Crippen LogP contribution is -2.59. The molecule has 3 heteroatoms. The van der Waals surface area contributed by atoms with E-state index in [1.807, 2.05) is 0 Å². The van der Waals surface area contributed by atoms with Gasteiger partial charge in [0.2, 0.25) is 0 Å². The maximum Gasteiger partial charge on any atom is 0.0332 e. The molecule has 0 aromatic carbocycles. The van der Waals surface area contributed by atoms with Crippen molar-refractivity contribution in [2.75, 3.05) is 32.7 Å². The first kappa shape index (κ1) is 15.9. The lowest BCUT2D eigenvalue weighted by atomic mass is 9.69. The van der Waals surface area contributed by atoms with Crippen LogP contribution in [-0.4, -0.2) is 43.2 Å². The van der Waals surface area contributed by atoms with Gasteiger partial charge in [0.25, 0.3) is 0 Å². The van der Waals surface area contributed by atoms with E-state index in [-0.39, 0.29) is 5.54 Å². The van der Waals surface area contributed by atoms with Crippen molar-refractivity contribution in [1.82, 2.24) is 10.2 Å². The van der Waals surface area contributed by atoms with Gasteiger partial charge in [-0.3, -0.25) is 0 Å². The van der Waals surface area contributed by atoms with Crippen LogP contribution >= 0.6 is 0 Å². The summed E-state index contributed by atoms with van der Waals surface area (Å²) in [5.74, 6) is 1.51. The van der Waals surface area contributed by atoms with E-state index in [2.05, 4.69) is 37.9 Å². The van der Waals surface area contributed by atoms with Crippen LogP contribution in [0.5, 0.6) is 0 Å². The first-order valence-corrected chi connectivity index (χ1v) is 7.75. The van der Waals surface area contributed by atoms with Gasteiger partial charge in [-0.25, -0.2) is 0 Å². The van der Waals surface area contributed by atoms with E-state index >= 15 is 0 Å². The van der Waals surface area contributed by atoms with Crippen molar-refractivity contribution < 1.29 is 0 Å². The first-order valence-electron chi connectivity index (χ1n) is 7.75. The smallest absolute Gasteiger partial charge is 0.0332 e. The van der Waals surface area contributed by atoms with E-state index in [0.29, 0.717) is 5.92 Å². The van der Waals surface area contributed by atoms with Gasteiger partial charge in [0.1, 0.15) is 0 Å². The van der Waals surface area contributed by atoms with Crippen molar-refractivity contribution in [3.63, 3.8) is 0 Å². The summed E-state index contributed by atoms with van der Waals surface area (Å²) in [5, 5.41) is 3.80. The second-order valence-electron chi connectivity index (χ2n) is 6.10. The summed E-state index contributed by atoms with van der Waals surface area (Å²) in [7, 11) is 0. The molecule has 0 saturated heterocycles. The zero-order chi connectivity index (χ0) is 13.6. The van der Waals surface area contributed by atoms with Gasteiger partial charge < -0.3 is 16.0 Å². The largest absolute Gasteiger partial charge is 0.329 e. The number of nitrogens with zero attached hydrogens (tertiary/aromatic N) is 1. The predicted molar refractivity (Wildman–Crippen MR) is 79.8 cm³/mol. The molecule has 1 rings (SSSR count). The van der Waals surface area contributed by atoms with Crippen molar-refractivity contribution in [2.24, 2.45) is 17.6 Å². The van der Waals surface area contributed by atoms with Gasteiger partial charge >= 0.3 is 0 Å². The Hall–Kier alpha value is -0.120. The van der Waals surface area contributed by atoms with Crippen LogP contribution in [0.1, 0.15) is 47.0 Å². The summed E-state index contributed by atoms with van der Waals surface area (Å²) in [6.07, 6.45) is 3.92. The average Bonchev–Trinajstić information content (AvgIpc) is 2.38. The fraction of sp³-hybridized carbons (Fsp3) is 1.00. The van der Waals surface area contributed by atoms with Crippen molar-refractivity contribution >= 4 is 0 Å². The van der Waals surface area contributed by atoms with Gasteiger partial charge in [0, 0.05) is 25.2 Å². The molecule has 0 heterocycles. The van der Waals surface area contributed by atoms with E-state index in [4.69, 9.17) is 5.73 Å².